The zero-order valence-electron chi connectivity index (χ0n) is 15.7. The predicted octanol–water partition coefficient (Wildman–Crippen LogP) is 2.74. The molecule has 2 heterocycles. The third kappa shape index (κ3) is 5.82. The van der Waals surface area contributed by atoms with Gasteiger partial charge in [-0.2, -0.15) is 0 Å². The summed E-state index contributed by atoms with van der Waals surface area (Å²) in [6.07, 6.45) is 2.45. The first-order valence-electron chi connectivity index (χ1n) is 9.24. The molecule has 6 heteroatoms. The molecule has 0 bridgehead atoms. The van der Waals surface area contributed by atoms with Crippen LogP contribution in [0.3, 0.4) is 0 Å². The second-order valence-corrected chi connectivity index (χ2v) is 8.40. The Labute approximate surface area is 155 Å². The molecule has 0 spiro atoms. The molecule has 0 aliphatic carbocycles. The highest BCUT2D eigenvalue weighted by atomic mass is 32.1. The average Bonchev–Trinajstić information content (AvgIpc) is 3.10. The molecule has 0 unspecified atom stereocenters. The van der Waals surface area contributed by atoms with Crippen molar-refractivity contribution in [2.75, 3.05) is 19.6 Å². The van der Waals surface area contributed by atoms with E-state index in [4.69, 9.17) is 0 Å². The smallest absolute Gasteiger partial charge is 0.261 e. The molecule has 0 radical (unpaired) electrons. The van der Waals surface area contributed by atoms with Gasteiger partial charge in [-0.1, -0.05) is 26.8 Å². The average molecular weight is 366 g/mol. The van der Waals surface area contributed by atoms with Gasteiger partial charge in [0.25, 0.3) is 5.91 Å². The molecule has 1 aliphatic heterocycles. The summed E-state index contributed by atoms with van der Waals surface area (Å²) in [6.45, 7) is 11.3. The molecule has 1 saturated heterocycles. The van der Waals surface area contributed by atoms with E-state index in [-0.39, 0.29) is 11.8 Å². The molecule has 0 aromatic carbocycles. The van der Waals surface area contributed by atoms with Gasteiger partial charge < -0.3 is 10.6 Å². The van der Waals surface area contributed by atoms with Crippen molar-refractivity contribution in [3.63, 3.8) is 0 Å². The van der Waals surface area contributed by atoms with Crippen molar-refractivity contribution in [1.29, 1.82) is 0 Å². The quantitative estimate of drug-likeness (QED) is 0.781. The monoisotopic (exact) mass is 365 g/mol. The fourth-order valence-corrected chi connectivity index (χ4v) is 3.87. The van der Waals surface area contributed by atoms with E-state index in [2.05, 4.69) is 36.3 Å². The maximum atomic E-state index is 12.4. The van der Waals surface area contributed by atoms with Gasteiger partial charge in [-0.05, 0) is 56.1 Å². The Bertz CT molecular complexity index is 551. The first-order valence-corrected chi connectivity index (χ1v) is 10.1. The Balaban J connectivity index is 1.82. The lowest BCUT2D eigenvalue weighted by atomic mass is 9.94. The van der Waals surface area contributed by atoms with Gasteiger partial charge in [-0.3, -0.25) is 14.5 Å². The molecule has 0 saturated carbocycles. The van der Waals surface area contributed by atoms with Crippen LogP contribution < -0.4 is 10.6 Å². The van der Waals surface area contributed by atoms with Gasteiger partial charge in [0, 0.05) is 12.6 Å². The van der Waals surface area contributed by atoms with Gasteiger partial charge in [-0.15, -0.1) is 11.3 Å². The molecular formula is C19H31N3O2S. The molecule has 1 aliphatic rings. The summed E-state index contributed by atoms with van der Waals surface area (Å²) in [5.41, 5.74) is 0. The maximum Gasteiger partial charge on any atom is 0.261 e. The Morgan fingerprint density at radius 3 is 2.52 bits per heavy atom. The number of likely N-dealkylation sites (tertiary alicyclic amines) is 1. The third-order valence-corrected chi connectivity index (χ3v) is 5.90. The number of piperidine rings is 1. The van der Waals surface area contributed by atoms with Crippen LogP contribution in [0.25, 0.3) is 0 Å². The fraction of sp³-hybridized carbons (Fsp3) is 0.684. The minimum Gasteiger partial charge on any atom is -0.353 e. The molecule has 2 N–H and O–H groups in total. The highest BCUT2D eigenvalue weighted by Crippen LogP contribution is 2.21. The van der Waals surface area contributed by atoms with Crippen molar-refractivity contribution in [3.05, 3.63) is 22.4 Å². The molecule has 140 valence electrons. The molecule has 2 atom stereocenters. The molecule has 2 amide bonds. The molecule has 25 heavy (non-hydrogen) atoms. The van der Waals surface area contributed by atoms with Crippen LogP contribution in [0.4, 0.5) is 0 Å². The number of nitrogens with zero attached hydrogens (tertiary/aromatic N) is 1. The van der Waals surface area contributed by atoms with Crippen molar-refractivity contribution >= 4 is 23.2 Å². The number of hydrogen-bond acceptors (Lipinski definition) is 4. The Hall–Kier alpha value is -1.40. The summed E-state index contributed by atoms with van der Waals surface area (Å²) in [7, 11) is 0. The normalized spacial score (nSPS) is 18.8. The number of rotatable bonds is 7. The van der Waals surface area contributed by atoms with Crippen LogP contribution in [-0.4, -0.2) is 48.4 Å². The first kappa shape index (κ1) is 19.9. The van der Waals surface area contributed by atoms with Crippen LogP contribution in [0.2, 0.25) is 0 Å². The van der Waals surface area contributed by atoms with Crippen molar-refractivity contribution in [2.45, 2.75) is 52.6 Å². The highest BCUT2D eigenvalue weighted by Gasteiger charge is 2.26. The van der Waals surface area contributed by atoms with E-state index in [1.54, 1.807) is 13.0 Å². The van der Waals surface area contributed by atoms with E-state index in [9.17, 15) is 9.59 Å². The lowest BCUT2D eigenvalue weighted by Gasteiger charge is -2.39. The summed E-state index contributed by atoms with van der Waals surface area (Å²) >= 11 is 1.38. The number of thiophene rings is 1. The van der Waals surface area contributed by atoms with E-state index < -0.39 is 6.04 Å². The molecule has 5 nitrogen and oxygen atoms in total. The summed E-state index contributed by atoms with van der Waals surface area (Å²) in [5.74, 6) is 0.958. The lowest BCUT2D eigenvalue weighted by Crippen LogP contribution is -2.52. The number of carbonyl (C=O) groups is 2. The minimum absolute atomic E-state index is 0.124. The predicted molar refractivity (Wildman–Crippen MR) is 103 cm³/mol. The van der Waals surface area contributed by atoms with Gasteiger partial charge in [0.05, 0.1) is 4.88 Å². The number of carbonyl (C=O) groups excluding carboxylic acids is 2. The Kier molecular flexibility index (Phi) is 7.44. The molecule has 1 aromatic rings. The van der Waals surface area contributed by atoms with Gasteiger partial charge >= 0.3 is 0 Å². The van der Waals surface area contributed by atoms with Crippen LogP contribution in [-0.2, 0) is 4.79 Å². The number of amides is 2. The van der Waals surface area contributed by atoms with Gasteiger partial charge in [0.2, 0.25) is 5.91 Å². The van der Waals surface area contributed by atoms with Crippen molar-refractivity contribution in [2.24, 2.45) is 11.8 Å². The second-order valence-electron chi connectivity index (χ2n) is 7.45. The van der Waals surface area contributed by atoms with E-state index >= 15 is 0 Å². The molecular weight excluding hydrogens is 334 g/mol. The van der Waals surface area contributed by atoms with Gasteiger partial charge in [-0.25, -0.2) is 0 Å². The van der Waals surface area contributed by atoms with Crippen LogP contribution in [0, 0.1) is 11.8 Å². The largest absolute Gasteiger partial charge is 0.353 e. The highest BCUT2D eigenvalue weighted by molar-refractivity contribution is 7.12. The van der Waals surface area contributed by atoms with Crippen LogP contribution in [0.1, 0.15) is 50.2 Å². The van der Waals surface area contributed by atoms with Crippen molar-refractivity contribution < 1.29 is 9.59 Å². The van der Waals surface area contributed by atoms with Crippen molar-refractivity contribution in [1.82, 2.24) is 15.5 Å². The van der Waals surface area contributed by atoms with Gasteiger partial charge in [0.1, 0.15) is 6.04 Å². The van der Waals surface area contributed by atoms with E-state index in [1.807, 2.05) is 11.4 Å². The van der Waals surface area contributed by atoms with Crippen LogP contribution in [0.5, 0.6) is 0 Å². The van der Waals surface area contributed by atoms with E-state index in [0.29, 0.717) is 23.4 Å². The second kappa shape index (κ2) is 9.34. The lowest BCUT2D eigenvalue weighted by molar-refractivity contribution is -0.123. The van der Waals surface area contributed by atoms with Crippen molar-refractivity contribution in [3.8, 4) is 0 Å². The van der Waals surface area contributed by atoms with E-state index in [1.165, 1.54) is 24.2 Å². The molecule has 2 rings (SSSR count). The zero-order valence-corrected chi connectivity index (χ0v) is 16.6. The summed E-state index contributed by atoms with van der Waals surface area (Å²) in [6, 6.07) is 3.40. The Morgan fingerprint density at radius 2 is 1.96 bits per heavy atom. The van der Waals surface area contributed by atoms with Crippen LogP contribution >= 0.6 is 11.3 Å². The summed E-state index contributed by atoms with van der Waals surface area (Å²) in [5, 5.41) is 7.65. The summed E-state index contributed by atoms with van der Waals surface area (Å²) in [4.78, 5) is 27.6. The third-order valence-electron chi connectivity index (χ3n) is 5.03. The van der Waals surface area contributed by atoms with E-state index in [0.717, 1.165) is 19.0 Å². The SMILES string of the molecule is CC1CCN([C@@H](CNC(=O)[C@H](C)NC(=O)c2cccs2)C(C)C)CC1. The topological polar surface area (TPSA) is 61.4 Å². The number of hydrogen-bond donors (Lipinski definition) is 2. The fourth-order valence-electron chi connectivity index (χ4n) is 3.25. The molecule has 1 aromatic heterocycles. The minimum atomic E-state index is -0.538. The standard InChI is InChI=1S/C19H31N3O2S/c1-13(2)16(22-9-7-14(3)8-10-22)12-20-18(23)15(4)21-19(24)17-6-5-11-25-17/h5-6,11,13-16H,7-10,12H2,1-4H3,(H,20,23)(H,21,24)/t15-,16-/m0/s1. The summed E-state index contributed by atoms with van der Waals surface area (Å²) < 4.78 is 0. The Morgan fingerprint density at radius 1 is 1.28 bits per heavy atom. The van der Waals surface area contributed by atoms with Crippen LogP contribution in [0.15, 0.2) is 17.5 Å². The zero-order chi connectivity index (χ0) is 18.4. The molecule has 1 fully saturated rings. The maximum absolute atomic E-state index is 12.4. The first-order chi connectivity index (χ1) is 11.9. The van der Waals surface area contributed by atoms with Gasteiger partial charge in [0.15, 0.2) is 0 Å². The number of nitrogens with one attached hydrogen (secondary N) is 2.